The molecule has 1 aliphatic heterocycles. The van der Waals surface area contributed by atoms with E-state index in [4.69, 9.17) is 9.26 Å². The normalized spacial score (nSPS) is 15.8. The summed E-state index contributed by atoms with van der Waals surface area (Å²) in [4.78, 5) is 61.4. The lowest BCUT2D eigenvalue weighted by atomic mass is 9.80. The van der Waals surface area contributed by atoms with Gasteiger partial charge in [0.15, 0.2) is 6.61 Å². The number of nitrogens with one attached hydrogen (secondary N) is 3. The maximum Gasteiger partial charge on any atom is 0.469 e. The Morgan fingerprint density at radius 2 is 1.56 bits per heavy atom. The number of phosphoric acid groups is 1. The molecule has 1 fully saturated rings. The number of rotatable bonds is 17. The highest BCUT2D eigenvalue weighted by atomic mass is 31.2. The average Bonchev–Trinajstić information content (AvgIpc) is 3.06. The third-order valence-electron chi connectivity index (χ3n) is 8.82. The highest BCUT2D eigenvalue weighted by molar-refractivity contribution is 7.46. The lowest BCUT2D eigenvalue weighted by Gasteiger charge is -2.39. The highest BCUT2D eigenvalue weighted by Gasteiger charge is 2.39. The van der Waals surface area contributed by atoms with E-state index in [2.05, 4.69) is 16.0 Å². The molecular formula is C37H49N4O8P. The number of nitrogens with zero attached hydrogens (tertiary/aromatic N) is 1. The molecule has 0 aliphatic carbocycles. The smallest absolute Gasteiger partial charge is 0.469 e. The summed E-state index contributed by atoms with van der Waals surface area (Å²) in [5.41, 5.74) is 3.50. The van der Waals surface area contributed by atoms with Crippen molar-refractivity contribution in [2.75, 3.05) is 26.3 Å². The number of para-hydroxylation sites is 1. The molecule has 2 unspecified atom stereocenters. The van der Waals surface area contributed by atoms with Crippen molar-refractivity contribution in [2.24, 2.45) is 5.92 Å². The van der Waals surface area contributed by atoms with Crippen LogP contribution < -0.4 is 20.7 Å². The van der Waals surface area contributed by atoms with Crippen LogP contribution in [0.25, 0.3) is 0 Å². The van der Waals surface area contributed by atoms with Gasteiger partial charge in [-0.05, 0) is 61.3 Å². The molecule has 1 heterocycles. The summed E-state index contributed by atoms with van der Waals surface area (Å²) in [5, 5.41) is 9.12. The molecule has 1 aliphatic rings. The van der Waals surface area contributed by atoms with Crippen LogP contribution in [-0.2, 0) is 25.1 Å². The van der Waals surface area contributed by atoms with Gasteiger partial charge in [-0.25, -0.2) is 9.36 Å². The molecule has 4 amide bonds. The van der Waals surface area contributed by atoms with Crippen molar-refractivity contribution < 1.29 is 38.0 Å². The fourth-order valence-electron chi connectivity index (χ4n) is 6.59. The summed E-state index contributed by atoms with van der Waals surface area (Å²) >= 11 is 0. The molecule has 50 heavy (non-hydrogen) atoms. The maximum atomic E-state index is 14.2. The van der Waals surface area contributed by atoms with E-state index in [0.717, 1.165) is 22.3 Å². The van der Waals surface area contributed by atoms with Crippen LogP contribution in [0.1, 0.15) is 54.9 Å². The Hall–Kier alpha value is -4.22. The zero-order valence-electron chi connectivity index (χ0n) is 29.1. The van der Waals surface area contributed by atoms with Crippen LogP contribution in [0.4, 0.5) is 4.79 Å². The monoisotopic (exact) mass is 708 g/mol. The number of hydrogen-bond donors (Lipinski definition) is 5. The quantitative estimate of drug-likeness (QED) is 0.127. The second-order valence-corrected chi connectivity index (χ2v) is 14.2. The topological polar surface area (TPSA) is 167 Å². The molecule has 3 aromatic rings. The first-order chi connectivity index (χ1) is 23.8. The van der Waals surface area contributed by atoms with E-state index in [0.29, 0.717) is 31.7 Å². The Morgan fingerprint density at radius 3 is 2.16 bits per heavy atom. The highest BCUT2D eigenvalue weighted by Crippen LogP contribution is 2.37. The summed E-state index contributed by atoms with van der Waals surface area (Å²) < 4.78 is 22.6. The molecule has 270 valence electrons. The third-order valence-corrected chi connectivity index (χ3v) is 9.34. The van der Waals surface area contributed by atoms with E-state index in [1.807, 2.05) is 107 Å². The zero-order chi connectivity index (χ0) is 36.3. The number of urea groups is 1. The Morgan fingerprint density at radius 1 is 0.920 bits per heavy atom. The predicted molar refractivity (Wildman–Crippen MR) is 191 cm³/mol. The van der Waals surface area contributed by atoms with Crippen molar-refractivity contribution >= 4 is 25.7 Å². The Labute approximate surface area is 294 Å². The molecule has 5 N–H and O–H groups in total. The fraction of sp³-hybridized carbons (Fsp3) is 0.432. The molecule has 13 heteroatoms. The predicted octanol–water partition coefficient (Wildman–Crippen LogP) is 4.62. The molecular weight excluding hydrogens is 659 g/mol. The van der Waals surface area contributed by atoms with Crippen LogP contribution >= 0.6 is 7.82 Å². The molecule has 0 saturated carbocycles. The Kier molecular flexibility index (Phi) is 14.0. The molecule has 0 radical (unpaired) electrons. The van der Waals surface area contributed by atoms with Crippen molar-refractivity contribution in [3.8, 4) is 5.75 Å². The molecule has 3 aromatic carbocycles. The van der Waals surface area contributed by atoms with Gasteiger partial charge in [-0.15, -0.1) is 0 Å². The minimum absolute atomic E-state index is 0.00646. The average molecular weight is 709 g/mol. The Balaban J connectivity index is 1.73. The van der Waals surface area contributed by atoms with E-state index in [9.17, 15) is 28.7 Å². The minimum Gasteiger partial charge on any atom is -0.483 e. The molecule has 4 atom stereocenters. The number of carbonyl (C=O) groups is 3. The number of amides is 4. The summed E-state index contributed by atoms with van der Waals surface area (Å²) in [6, 6.07) is 22.1. The van der Waals surface area contributed by atoms with Crippen LogP contribution in [0.5, 0.6) is 5.75 Å². The van der Waals surface area contributed by atoms with Crippen LogP contribution in [0.2, 0.25) is 0 Å². The second-order valence-electron chi connectivity index (χ2n) is 13.0. The molecule has 12 nitrogen and oxygen atoms in total. The minimum atomic E-state index is -4.83. The van der Waals surface area contributed by atoms with Gasteiger partial charge in [0.1, 0.15) is 11.8 Å². The van der Waals surface area contributed by atoms with Gasteiger partial charge in [-0.3, -0.25) is 14.1 Å². The van der Waals surface area contributed by atoms with E-state index in [1.165, 1.54) is 4.90 Å². The van der Waals surface area contributed by atoms with Crippen molar-refractivity contribution in [3.63, 3.8) is 0 Å². The van der Waals surface area contributed by atoms with E-state index < -0.39 is 37.8 Å². The van der Waals surface area contributed by atoms with E-state index in [-0.39, 0.29) is 37.5 Å². The van der Waals surface area contributed by atoms with Crippen molar-refractivity contribution in [2.45, 2.75) is 71.0 Å². The molecule has 0 bridgehead atoms. The van der Waals surface area contributed by atoms with Gasteiger partial charge in [-0.1, -0.05) is 92.7 Å². The zero-order valence-corrected chi connectivity index (χ0v) is 30.0. The van der Waals surface area contributed by atoms with Crippen molar-refractivity contribution in [1.82, 2.24) is 20.9 Å². The van der Waals surface area contributed by atoms with Gasteiger partial charge in [0.25, 0.3) is 5.91 Å². The lowest BCUT2D eigenvalue weighted by molar-refractivity contribution is -0.128. The molecule has 0 aromatic heterocycles. The summed E-state index contributed by atoms with van der Waals surface area (Å²) in [6.45, 7) is 7.84. The van der Waals surface area contributed by atoms with Crippen LogP contribution in [0.3, 0.4) is 0 Å². The van der Waals surface area contributed by atoms with Gasteiger partial charge in [-0.2, -0.15) is 0 Å². The van der Waals surface area contributed by atoms with Crippen molar-refractivity contribution in [3.05, 3.63) is 101 Å². The number of benzene rings is 3. The summed E-state index contributed by atoms with van der Waals surface area (Å²) in [7, 11) is -4.83. The largest absolute Gasteiger partial charge is 0.483 e. The first kappa shape index (κ1) is 38.6. The van der Waals surface area contributed by atoms with Gasteiger partial charge in [0, 0.05) is 31.1 Å². The summed E-state index contributed by atoms with van der Waals surface area (Å²) in [5.74, 6) is -1.02. The van der Waals surface area contributed by atoms with Crippen LogP contribution in [0, 0.1) is 19.8 Å². The lowest BCUT2D eigenvalue weighted by Crippen LogP contribution is -2.60. The first-order valence-corrected chi connectivity index (χ1v) is 18.5. The number of ether oxygens (including phenoxy) is 1. The van der Waals surface area contributed by atoms with Crippen molar-refractivity contribution in [1.29, 1.82) is 0 Å². The molecule has 0 spiro atoms. The SMILES string of the molecule is Cc1cccc(C)c1OCC(=O)N[C@@H](Cc1ccccc1)C(c1ccccc1)C(CCOP(=O)(O)O)NC(=O)[C@H](C(C)C)N1CCCNC1=O. The second kappa shape index (κ2) is 18.1. The molecule has 1 saturated heterocycles. The number of hydrogen-bond acceptors (Lipinski definition) is 6. The Bertz CT molecular complexity index is 1600. The van der Waals surface area contributed by atoms with Gasteiger partial charge < -0.3 is 35.4 Å². The van der Waals surface area contributed by atoms with Gasteiger partial charge >= 0.3 is 13.9 Å². The molecule has 4 rings (SSSR count). The number of phosphoric ester groups is 1. The fourth-order valence-corrected chi connectivity index (χ4v) is 6.94. The van der Waals surface area contributed by atoms with Gasteiger partial charge in [0.2, 0.25) is 5.91 Å². The first-order valence-electron chi connectivity index (χ1n) is 17.0. The number of aryl methyl sites for hydroxylation is 2. The van der Waals surface area contributed by atoms with E-state index in [1.54, 1.807) is 0 Å². The maximum absolute atomic E-state index is 14.2. The standard InChI is InChI=1S/C37H49N4O8P/c1-25(2)34(41-21-12-20-38-37(41)44)36(43)40-30(19-22-49-50(45,46)47)33(29-17-9-6-10-18-29)31(23-28-15-7-5-8-16-28)39-32(42)24-48-35-26(3)13-11-14-27(35)4/h5-11,13-18,25,30-31,33-34H,12,19-24H2,1-4H3,(H,38,44)(H,39,42)(H,40,43)(H2,45,46,47)/t30?,31-,33?,34-/m0/s1. The third kappa shape index (κ3) is 11.1. The van der Waals surface area contributed by atoms with Crippen LogP contribution in [-0.4, -0.2) is 77.0 Å². The van der Waals surface area contributed by atoms with E-state index >= 15 is 0 Å². The van der Waals surface area contributed by atoms with Crippen LogP contribution in [0.15, 0.2) is 78.9 Å². The summed E-state index contributed by atoms with van der Waals surface area (Å²) in [6.07, 6.45) is 1.04. The van der Waals surface area contributed by atoms with Gasteiger partial charge in [0.05, 0.1) is 6.61 Å². The number of carbonyl (C=O) groups excluding carboxylic acids is 3.